The number of carbonyl (C=O) groups is 2. The van der Waals surface area contributed by atoms with Gasteiger partial charge in [-0.05, 0) is 30.5 Å². The average molecular weight is 347 g/mol. The predicted molar refractivity (Wildman–Crippen MR) is 95.0 cm³/mol. The normalized spacial score (nSPS) is 11.6. The summed E-state index contributed by atoms with van der Waals surface area (Å²) in [7, 11) is 0. The van der Waals surface area contributed by atoms with E-state index < -0.39 is 18.0 Å². The molecule has 24 heavy (non-hydrogen) atoms. The number of aliphatic hydroxyl groups excluding tert-OH is 1. The maximum Gasteiger partial charge on any atom is 0.321 e. The molecule has 3 N–H and O–H groups in total. The van der Waals surface area contributed by atoms with Crippen LogP contribution in [0.15, 0.2) is 47.8 Å². The van der Waals surface area contributed by atoms with E-state index in [1.807, 2.05) is 47.8 Å². The minimum absolute atomic E-state index is 0.0126. The zero-order valence-corrected chi connectivity index (χ0v) is 14.3. The van der Waals surface area contributed by atoms with Crippen LogP contribution in [0.2, 0.25) is 0 Å². The van der Waals surface area contributed by atoms with Gasteiger partial charge in [-0.1, -0.05) is 24.3 Å². The number of thiophene rings is 1. The third-order valence-electron chi connectivity index (χ3n) is 3.20. The minimum Gasteiger partial charge on any atom is -0.392 e. The zero-order valence-electron chi connectivity index (χ0n) is 13.4. The molecular weight excluding hydrogens is 326 g/mol. The fourth-order valence-corrected chi connectivity index (χ4v) is 2.83. The Kier molecular flexibility index (Phi) is 6.77. The van der Waals surface area contributed by atoms with Crippen molar-refractivity contribution in [1.29, 1.82) is 0 Å². The molecule has 1 atom stereocenters. The molecule has 0 saturated carbocycles. The summed E-state index contributed by atoms with van der Waals surface area (Å²) in [5, 5.41) is 16.5. The molecule has 2 aromatic rings. The molecule has 0 saturated heterocycles. The molecule has 7 heteroatoms. The van der Waals surface area contributed by atoms with E-state index in [9.17, 15) is 14.7 Å². The van der Waals surface area contributed by atoms with Crippen molar-refractivity contribution in [2.75, 3.05) is 18.0 Å². The molecule has 0 aliphatic carbocycles. The van der Waals surface area contributed by atoms with Crippen LogP contribution in [0.4, 0.5) is 10.5 Å². The molecule has 0 radical (unpaired) electrons. The maximum absolute atomic E-state index is 12.1. The van der Waals surface area contributed by atoms with Gasteiger partial charge < -0.3 is 15.3 Å². The average Bonchev–Trinajstić information content (AvgIpc) is 3.06. The van der Waals surface area contributed by atoms with Gasteiger partial charge in [-0.3, -0.25) is 10.1 Å². The van der Waals surface area contributed by atoms with Crippen LogP contribution in [0, 0.1) is 0 Å². The number of rotatable bonds is 7. The SMILES string of the molecule is C[C@@H](O)CN(CC(=O)NC(=O)NCc1cccs1)c1ccccc1. The van der Waals surface area contributed by atoms with E-state index >= 15 is 0 Å². The van der Waals surface area contributed by atoms with Gasteiger partial charge in [0.05, 0.1) is 19.2 Å². The van der Waals surface area contributed by atoms with Crippen molar-refractivity contribution in [3.8, 4) is 0 Å². The molecule has 1 heterocycles. The fourth-order valence-electron chi connectivity index (χ4n) is 2.18. The van der Waals surface area contributed by atoms with E-state index in [4.69, 9.17) is 0 Å². The number of anilines is 1. The Morgan fingerprint density at radius 2 is 1.96 bits per heavy atom. The lowest BCUT2D eigenvalue weighted by molar-refractivity contribution is -0.118. The molecule has 0 aliphatic heterocycles. The number of hydrogen-bond acceptors (Lipinski definition) is 5. The molecule has 1 aromatic heterocycles. The van der Waals surface area contributed by atoms with Crippen molar-refractivity contribution >= 4 is 29.0 Å². The van der Waals surface area contributed by atoms with Crippen LogP contribution in [-0.4, -0.2) is 36.2 Å². The van der Waals surface area contributed by atoms with Crippen molar-refractivity contribution in [3.63, 3.8) is 0 Å². The Morgan fingerprint density at radius 1 is 1.21 bits per heavy atom. The molecule has 128 valence electrons. The third-order valence-corrected chi connectivity index (χ3v) is 4.07. The smallest absolute Gasteiger partial charge is 0.321 e. The van der Waals surface area contributed by atoms with E-state index in [1.54, 1.807) is 11.8 Å². The van der Waals surface area contributed by atoms with Gasteiger partial charge in [0.1, 0.15) is 0 Å². The number of nitrogens with one attached hydrogen (secondary N) is 2. The number of para-hydroxylation sites is 1. The highest BCUT2D eigenvalue weighted by Crippen LogP contribution is 2.13. The molecule has 0 aliphatic rings. The Labute approximate surface area is 145 Å². The van der Waals surface area contributed by atoms with Gasteiger partial charge in [-0.25, -0.2) is 4.79 Å². The number of benzene rings is 1. The molecule has 0 spiro atoms. The number of imide groups is 1. The largest absolute Gasteiger partial charge is 0.392 e. The van der Waals surface area contributed by atoms with Gasteiger partial charge in [0.25, 0.3) is 0 Å². The van der Waals surface area contributed by atoms with Crippen molar-refractivity contribution in [3.05, 3.63) is 52.7 Å². The minimum atomic E-state index is -0.592. The van der Waals surface area contributed by atoms with Crippen LogP contribution in [0.5, 0.6) is 0 Å². The predicted octanol–water partition coefficient (Wildman–Crippen LogP) is 1.96. The molecule has 0 unspecified atom stereocenters. The number of aliphatic hydroxyl groups is 1. The zero-order chi connectivity index (χ0) is 17.4. The van der Waals surface area contributed by atoms with Crippen LogP contribution >= 0.6 is 11.3 Å². The van der Waals surface area contributed by atoms with E-state index in [1.165, 1.54) is 11.3 Å². The monoisotopic (exact) mass is 347 g/mol. The van der Waals surface area contributed by atoms with Gasteiger partial charge in [0.15, 0.2) is 0 Å². The second kappa shape index (κ2) is 9.05. The first kappa shape index (κ1) is 18.0. The van der Waals surface area contributed by atoms with E-state index in [2.05, 4.69) is 10.6 Å². The third kappa shape index (κ3) is 6.02. The second-order valence-corrected chi connectivity index (χ2v) is 6.41. The van der Waals surface area contributed by atoms with Gasteiger partial charge in [0.2, 0.25) is 5.91 Å². The first-order chi connectivity index (χ1) is 11.5. The first-order valence-electron chi connectivity index (χ1n) is 7.62. The first-order valence-corrected chi connectivity index (χ1v) is 8.50. The quantitative estimate of drug-likeness (QED) is 0.715. The van der Waals surface area contributed by atoms with E-state index in [0.717, 1.165) is 10.6 Å². The van der Waals surface area contributed by atoms with E-state index in [0.29, 0.717) is 13.1 Å². The van der Waals surface area contributed by atoms with Gasteiger partial charge in [-0.15, -0.1) is 11.3 Å². The molecule has 0 fully saturated rings. The fraction of sp³-hybridized carbons (Fsp3) is 0.294. The molecule has 2 rings (SSSR count). The number of amides is 3. The Balaban J connectivity index is 1.86. The Bertz CT molecular complexity index is 644. The van der Waals surface area contributed by atoms with Gasteiger partial charge in [-0.2, -0.15) is 0 Å². The highest BCUT2D eigenvalue weighted by molar-refractivity contribution is 7.09. The molecule has 1 aromatic carbocycles. The van der Waals surface area contributed by atoms with Crippen molar-refractivity contribution in [2.45, 2.75) is 19.6 Å². The Morgan fingerprint density at radius 3 is 2.58 bits per heavy atom. The van der Waals surface area contributed by atoms with Crippen LogP contribution in [-0.2, 0) is 11.3 Å². The number of carbonyl (C=O) groups excluding carboxylic acids is 2. The number of nitrogens with zero attached hydrogens (tertiary/aromatic N) is 1. The summed E-state index contributed by atoms with van der Waals surface area (Å²) >= 11 is 1.54. The van der Waals surface area contributed by atoms with Crippen LogP contribution < -0.4 is 15.5 Å². The lowest BCUT2D eigenvalue weighted by Crippen LogP contribution is -2.45. The van der Waals surface area contributed by atoms with Gasteiger partial charge >= 0.3 is 6.03 Å². The highest BCUT2D eigenvalue weighted by atomic mass is 32.1. The van der Waals surface area contributed by atoms with Crippen molar-refractivity contribution < 1.29 is 14.7 Å². The summed E-state index contributed by atoms with van der Waals surface area (Å²) in [6.45, 7) is 2.32. The van der Waals surface area contributed by atoms with E-state index in [-0.39, 0.29) is 6.54 Å². The van der Waals surface area contributed by atoms with Crippen LogP contribution in [0.25, 0.3) is 0 Å². The standard InChI is InChI=1S/C17H21N3O3S/c1-13(21)11-20(14-6-3-2-4-7-14)12-16(22)19-17(23)18-10-15-8-5-9-24-15/h2-9,13,21H,10-12H2,1H3,(H2,18,19,22,23)/t13-/m1/s1. The van der Waals surface area contributed by atoms with Crippen LogP contribution in [0.3, 0.4) is 0 Å². The lowest BCUT2D eigenvalue weighted by atomic mass is 10.2. The summed E-state index contributed by atoms with van der Waals surface area (Å²) in [4.78, 5) is 26.6. The van der Waals surface area contributed by atoms with Crippen LogP contribution in [0.1, 0.15) is 11.8 Å². The molecule has 6 nitrogen and oxygen atoms in total. The lowest BCUT2D eigenvalue weighted by Gasteiger charge is -2.25. The topological polar surface area (TPSA) is 81.7 Å². The highest BCUT2D eigenvalue weighted by Gasteiger charge is 2.15. The van der Waals surface area contributed by atoms with Gasteiger partial charge in [0, 0.05) is 17.1 Å². The molecular formula is C17H21N3O3S. The number of hydrogen-bond donors (Lipinski definition) is 3. The summed E-state index contributed by atoms with van der Waals surface area (Å²) in [5.74, 6) is -0.428. The molecule has 3 amide bonds. The molecule has 0 bridgehead atoms. The maximum atomic E-state index is 12.1. The summed E-state index contributed by atoms with van der Waals surface area (Å²) in [6.07, 6.45) is -0.592. The number of urea groups is 1. The van der Waals surface area contributed by atoms with Crippen molar-refractivity contribution in [1.82, 2.24) is 10.6 Å². The van der Waals surface area contributed by atoms with Crippen molar-refractivity contribution in [2.24, 2.45) is 0 Å². The summed E-state index contributed by atoms with van der Waals surface area (Å²) < 4.78 is 0. The Hall–Kier alpha value is -2.38. The summed E-state index contributed by atoms with van der Waals surface area (Å²) in [6, 6.07) is 12.6. The second-order valence-electron chi connectivity index (χ2n) is 5.38. The summed E-state index contributed by atoms with van der Waals surface area (Å²) in [5.41, 5.74) is 0.813.